The Bertz CT molecular complexity index is 535. The van der Waals surface area contributed by atoms with Gasteiger partial charge in [0.1, 0.15) is 0 Å². The van der Waals surface area contributed by atoms with Crippen LogP contribution < -0.4 is 5.73 Å². The first kappa shape index (κ1) is 14.0. The lowest BCUT2D eigenvalue weighted by Gasteiger charge is -2.26. The highest BCUT2D eigenvalue weighted by Crippen LogP contribution is 2.19. The molecular weight excluding hydrogens is 232 g/mol. The lowest BCUT2D eigenvalue weighted by molar-refractivity contribution is 0.273. The van der Waals surface area contributed by atoms with E-state index in [0.29, 0.717) is 0 Å². The summed E-state index contributed by atoms with van der Waals surface area (Å²) < 4.78 is 0. The highest BCUT2D eigenvalue weighted by Gasteiger charge is 2.13. The fraction of sp³-hybridized carbons (Fsp3) is 0.412. The molecule has 0 saturated carbocycles. The molecule has 0 saturated heterocycles. The molecule has 0 radical (unpaired) electrons. The Hall–Kier alpha value is -1.38. The molecule has 19 heavy (non-hydrogen) atoms. The van der Waals surface area contributed by atoms with Crippen molar-refractivity contribution in [3.8, 4) is 0 Å². The van der Waals surface area contributed by atoms with E-state index in [0.717, 1.165) is 19.5 Å². The molecule has 2 rings (SSSR count). The lowest BCUT2D eigenvalue weighted by Crippen LogP contribution is -2.44. The second-order valence-corrected chi connectivity index (χ2v) is 6.11. The van der Waals surface area contributed by atoms with Crippen LogP contribution in [0.3, 0.4) is 0 Å². The molecule has 0 aliphatic heterocycles. The van der Waals surface area contributed by atoms with Gasteiger partial charge in [-0.3, -0.25) is 0 Å². The summed E-state index contributed by atoms with van der Waals surface area (Å²) in [6.45, 7) is 6.09. The second-order valence-electron chi connectivity index (χ2n) is 6.11. The molecule has 0 aliphatic carbocycles. The van der Waals surface area contributed by atoms with E-state index in [-0.39, 0.29) is 5.54 Å². The van der Waals surface area contributed by atoms with Crippen molar-refractivity contribution >= 4 is 10.8 Å². The van der Waals surface area contributed by atoms with Crippen LogP contribution in [0.1, 0.15) is 19.4 Å². The van der Waals surface area contributed by atoms with Gasteiger partial charge in [0.25, 0.3) is 0 Å². The van der Waals surface area contributed by atoms with Crippen molar-refractivity contribution in [1.82, 2.24) is 4.90 Å². The van der Waals surface area contributed by atoms with Crippen LogP contribution in [0.5, 0.6) is 0 Å². The molecule has 0 aromatic heterocycles. The van der Waals surface area contributed by atoms with Gasteiger partial charge < -0.3 is 10.6 Å². The highest BCUT2D eigenvalue weighted by atomic mass is 15.1. The molecule has 0 bridgehead atoms. The van der Waals surface area contributed by atoms with Crippen molar-refractivity contribution in [3.63, 3.8) is 0 Å². The number of nitrogens with zero attached hydrogens (tertiary/aromatic N) is 1. The van der Waals surface area contributed by atoms with Gasteiger partial charge in [-0.25, -0.2) is 0 Å². The van der Waals surface area contributed by atoms with Crippen molar-refractivity contribution < 1.29 is 0 Å². The first-order valence-electron chi connectivity index (χ1n) is 6.90. The minimum absolute atomic E-state index is 0.131. The van der Waals surface area contributed by atoms with Gasteiger partial charge in [-0.05, 0) is 43.7 Å². The van der Waals surface area contributed by atoms with Crippen molar-refractivity contribution in [2.24, 2.45) is 5.73 Å². The summed E-state index contributed by atoms with van der Waals surface area (Å²) in [5, 5.41) is 2.69. The zero-order valence-corrected chi connectivity index (χ0v) is 12.2. The maximum atomic E-state index is 6.05. The Labute approximate surface area is 116 Å². The van der Waals surface area contributed by atoms with E-state index in [4.69, 9.17) is 5.73 Å². The van der Waals surface area contributed by atoms with Gasteiger partial charge in [0, 0.05) is 18.6 Å². The average molecular weight is 256 g/mol. The number of rotatable bonds is 5. The third kappa shape index (κ3) is 4.05. The molecule has 2 aromatic rings. The minimum atomic E-state index is -0.131. The van der Waals surface area contributed by atoms with Crippen LogP contribution in [-0.4, -0.2) is 30.6 Å². The summed E-state index contributed by atoms with van der Waals surface area (Å²) >= 11 is 0. The first-order chi connectivity index (χ1) is 8.96. The zero-order valence-electron chi connectivity index (χ0n) is 12.2. The number of fused-ring (bicyclic) bond motifs is 1. The average Bonchev–Trinajstić information content (AvgIpc) is 2.34. The molecule has 2 aromatic carbocycles. The number of hydrogen-bond acceptors (Lipinski definition) is 2. The summed E-state index contributed by atoms with van der Waals surface area (Å²) in [5.74, 6) is 0. The van der Waals surface area contributed by atoms with E-state index in [9.17, 15) is 0 Å². The molecule has 2 nitrogen and oxygen atoms in total. The van der Waals surface area contributed by atoms with Crippen LogP contribution in [0.2, 0.25) is 0 Å². The number of nitrogens with two attached hydrogens (primary N) is 1. The Kier molecular flexibility index (Phi) is 4.23. The summed E-state index contributed by atoms with van der Waals surface area (Å²) in [6, 6.07) is 15.1. The largest absolute Gasteiger partial charge is 0.324 e. The fourth-order valence-corrected chi connectivity index (χ4v) is 2.60. The van der Waals surface area contributed by atoms with Gasteiger partial charge in [0.15, 0.2) is 0 Å². The van der Waals surface area contributed by atoms with Crippen molar-refractivity contribution in [1.29, 1.82) is 0 Å². The SMILES string of the molecule is CN(CCc1cccc2ccccc12)CC(C)(C)N. The maximum absolute atomic E-state index is 6.05. The minimum Gasteiger partial charge on any atom is -0.324 e. The molecule has 0 unspecified atom stereocenters. The molecule has 102 valence electrons. The van der Waals surface area contributed by atoms with Gasteiger partial charge in [-0.15, -0.1) is 0 Å². The third-order valence-corrected chi connectivity index (χ3v) is 3.32. The summed E-state index contributed by atoms with van der Waals surface area (Å²) in [4.78, 5) is 2.31. The molecule has 2 heteroatoms. The smallest absolute Gasteiger partial charge is 0.0225 e. The Morgan fingerprint density at radius 3 is 2.47 bits per heavy atom. The van der Waals surface area contributed by atoms with E-state index >= 15 is 0 Å². The lowest BCUT2D eigenvalue weighted by atomic mass is 10.0. The molecule has 0 amide bonds. The molecule has 0 atom stereocenters. The van der Waals surface area contributed by atoms with Crippen LogP contribution in [0.4, 0.5) is 0 Å². The zero-order chi connectivity index (χ0) is 13.9. The predicted molar refractivity (Wildman–Crippen MR) is 83.4 cm³/mol. The van der Waals surface area contributed by atoms with Gasteiger partial charge >= 0.3 is 0 Å². The van der Waals surface area contributed by atoms with E-state index in [2.05, 4.69) is 68.3 Å². The normalized spacial score (nSPS) is 12.3. The van der Waals surface area contributed by atoms with Gasteiger partial charge in [-0.2, -0.15) is 0 Å². The van der Waals surface area contributed by atoms with Crippen LogP contribution in [0.25, 0.3) is 10.8 Å². The van der Waals surface area contributed by atoms with Crippen molar-refractivity contribution in [2.75, 3.05) is 20.1 Å². The monoisotopic (exact) mass is 256 g/mol. The third-order valence-electron chi connectivity index (χ3n) is 3.32. The van der Waals surface area contributed by atoms with E-state index in [1.165, 1.54) is 16.3 Å². The highest BCUT2D eigenvalue weighted by molar-refractivity contribution is 5.85. The standard InChI is InChI=1S/C17H24N2/c1-17(2,18)13-19(3)12-11-15-9-6-8-14-7-4-5-10-16(14)15/h4-10H,11-13,18H2,1-3H3. The van der Waals surface area contributed by atoms with Crippen molar-refractivity contribution in [3.05, 3.63) is 48.0 Å². The van der Waals surface area contributed by atoms with Crippen LogP contribution in [0, 0.1) is 0 Å². The van der Waals surface area contributed by atoms with Gasteiger partial charge in [-0.1, -0.05) is 42.5 Å². The van der Waals surface area contributed by atoms with Crippen molar-refractivity contribution in [2.45, 2.75) is 25.8 Å². The van der Waals surface area contributed by atoms with Gasteiger partial charge in [0.2, 0.25) is 0 Å². The quantitative estimate of drug-likeness (QED) is 0.891. The molecule has 0 heterocycles. The number of likely N-dealkylation sites (N-methyl/N-ethyl adjacent to an activating group) is 1. The summed E-state index contributed by atoms with van der Waals surface area (Å²) in [6.07, 6.45) is 1.06. The van der Waals surface area contributed by atoms with E-state index in [1.807, 2.05) is 0 Å². The molecule has 0 fully saturated rings. The number of hydrogen-bond donors (Lipinski definition) is 1. The Balaban J connectivity index is 2.06. The first-order valence-corrected chi connectivity index (χ1v) is 6.90. The second kappa shape index (κ2) is 5.72. The Morgan fingerprint density at radius 1 is 1.05 bits per heavy atom. The van der Waals surface area contributed by atoms with E-state index in [1.54, 1.807) is 0 Å². The number of benzene rings is 2. The Morgan fingerprint density at radius 2 is 1.74 bits per heavy atom. The van der Waals surface area contributed by atoms with Crippen LogP contribution >= 0.6 is 0 Å². The molecule has 2 N–H and O–H groups in total. The fourth-order valence-electron chi connectivity index (χ4n) is 2.60. The molecular formula is C17H24N2. The van der Waals surface area contributed by atoms with Crippen LogP contribution in [-0.2, 0) is 6.42 Å². The maximum Gasteiger partial charge on any atom is 0.0225 e. The van der Waals surface area contributed by atoms with Gasteiger partial charge in [0.05, 0.1) is 0 Å². The molecule has 0 spiro atoms. The summed E-state index contributed by atoms with van der Waals surface area (Å²) in [7, 11) is 2.14. The topological polar surface area (TPSA) is 29.3 Å². The molecule has 0 aliphatic rings. The van der Waals surface area contributed by atoms with Crippen LogP contribution in [0.15, 0.2) is 42.5 Å². The predicted octanol–water partition coefficient (Wildman–Crippen LogP) is 3.05. The van der Waals surface area contributed by atoms with E-state index < -0.39 is 0 Å². The summed E-state index contributed by atoms with van der Waals surface area (Å²) in [5.41, 5.74) is 7.34.